The van der Waals surface area contributed by atoms with Crippen LogP contribution >= 0.6 is 23.5 Å². The van der Waals surface area contributed by atoms with E-state index in [9.17, 15) is 9.59 Å². The Morgan fingerprint density at radius 2 is 1.83 bits per heavy atom. The van der Waals surface area contributed by atoms with E-state index < -0.39 is 5.97 Å². The zero-order chi connectivity index (χ0) is 25.6. The molecule has 1 amide bonds. The van der Waals surface area contributed by atoms with E-state index in [-0.39, 0.29) is 6.61 Å². The van der Waals surface area contributed by atoms with Crippen molar-refractivity contribution in [1.29, 1.82) is 0 Å². The van der Waals surface area contributed by atoms with Gasteiger partial charge in [-0.25, -0.2) is 4.79 Å². The first-order chi connectivity index (χ1) is 16.9. The first-order valence-electron chi connectivity index (χ1n) is 11.3. The highest BCUT2D eigenvalue weighted by Crippen LogP contribution is 2.34. The predicted molar refractivity (Wildman–Crippen MR) is 143 cm³/mol. The summed E-state index contributed by atoms with van der Waals surface area (Å²) in [5, 5.41) is 11.8. The highest BCUT2D eigenvalue weighted by atomic mass is 35.5. The molecule has 0 bridgehead atoms. The van der Waals surface area contributed by atoms with Gasteiger partial charge in [0, 0.05) is 23.0 Å². The lowest BCUT2D eigenvalue weighted by Crippen LogP contribution is -2.15. The zero-order valence-electron chi connectivity index (χ0n) is 20.2. The second-order valence-corrected chi connectivity index (χ2v) is 9.02. The lowest BCUT2D eigenvalue weighted by atomic mass is 10.1. The highest BCUT2D eigenvalue weighted by molar-refractivity contribution is 8.00. The molecule has 0 fully saturated rings. The van der Waals surface area contributed by atoms with Crippen molar-refractivity contribution in [1.82, 2.24) is 5.32 Å². The molecule has 3 aromatic rings. The molecule has 35 heavy (non-hydrogen) atoms. The number of rotatable bonds is 11. The number of carboxylic acids is 1. The molecule has 0 aliphatic rings. The summed E-state index contributed by atoms with van der Waals surface area (Å²) in [6, 6.07) is 21.6. The Morgan fingerprint density at radius 3 is 2.46 bits per heavy atom. The van der Waals surface area contributed by atoms with Gasteiger partial charge in [-0.2, -0.15) is 0 Å². The Kier molecular flexibility index (Phi) is 12.0. The van der Waals surface area contributed by atoms with Gasteiger partial charge in [0.05, 0.1) is 5.69 Å². The van der Waals surface area contributed by atoms with Crippen molar-refractivity contribution < 1.29 is 19.4 Å². The fourth-order valence-corrected chi connectivity index (χ4v) is 4.41. The number of carboxylic acid groups (broad SMARTS) is 1. The summed E-state index contributed by atoms with van der Waals surface area (Å²) < 4.78 is 7.27. The highest BCUT2D eigenvalue weighted by Gasteiger charge is 2.12. The first-order valence-corrected chi connectivity index (χ1v) is 12.4. The minimum Gasteiger partial charge on any atom is -0.482 e. The quantitative estimate of drug-likeness (QED) is 0.236. The van der Waals surface area contributed by atoms with E-state index in [1.807, 2.05) is 18.2 Å². The van der Waals surface area contributed by atoms with E-state index >= 15 is 0 Å². The van der Waals surface area contributed by atoms with Crippen molar-refractivity contribution in [3.8, 4) is 5.75 Å². The Morgan fingerprint density at radius 1 is 1.11 bits per heavy atom. The first kappa shape index (κ1) is 28.1. The fourth-order valence-electron chi connectivity index (χ4n) is 3.19. The number of aryl methyl sites for hydroxylation is 1. The number of carbonyl (C=O) groups is 2. The van der Waals surface area contributed by atoms with Gasteiger partial charge in [0.2, 0.25) is 6.41 Å². The predicted octanol–water partition coefficient (Wildman–Crippen LogP) is 6.14. The van der Waals surface area contributed by atoms with Crippen molar-refractivity contribution in [2.24, 2.45) is 0 Å². The minimum absolute atomic E-state index is 0.370. The van der Waals surface area contributed by atoms with Crippen LogP contribution in [0.2, 0.25) is 5.02 Å². The zero-order valence-corrected chi connectivity index (χ0v) is 21.7. The van der Waals surface area contributed by atoms with Crippen LogP contribution in [0.1, 0.15) is 30.5 Å². The van der Waals surface area contributed by atoms with Crippen molar-refractivity contribution in [3.63, 3.8) is 0 Å². The van der Waals surface area contributed by atoms with Gasteiger partial charge in [0.25, 0.3) is 0 Å². The lowest BCUT2D eigenvalue weighted by molar-refractivity contribution is -0.139. The maximum Gasteiger partial charge on any atom is 0.341 e. The van der Waals surface area contributed by atoms with Crippen LogP contribution in [0.15, 0.2) is 71.6 Å². The van der Waals surface area contributed by atoms with Gasteiger partial charge in [0.15, 0.2) is 6.61 Å². The van der Waals surface area contributed by atoms with E-state index in [1.165, 1.54) is 21.7 Å². The summed E-state index contributed by atoms with van der Waals surface area (Å²) in [6.07, 6.45) is 1.55. The summed E-state index contributed by atoms with van der Waals surface area (Å²) in [5.41, 5.74) is 4.57. The molecule has 0 saturated heterocycles. The molecule has 186 valence electrons. The maximum absolute atomic E-state index is 10.2. The molecule has 0 saturated carbocycles. The molecule has 0 atom stereocenters. The second-order valence-electron chi connectivity index (χ2n) is 7.52. The van der Waals surface area contributed by atoms with Gasteiger partial charge >= 0.3 is 5.97 Å². The third-order valence-corrected chi connectivity index (χ3v) is 6.40. The molecular weight excluding hydrogens is 484 g/mol. The molecule has 3 rings (SSSR count). The minimum atomic E-state index is -1.02. The van der Waals surface area contributed by atoms with Crippen LogP contribution in [0.5, 0.6) is 5.75 Å². The summed E-state index contributed by atoms with van der Waals surface area (Å²) in [4.78, 5) is 21.6. The van der Waals surface area contributed by atoms with Crippen LogP contribution in [-0.2, 0) is 22.6 Å². The van der Waals surface area contributed by atoms with Crippen LogP contribution in [-0.4, -0.2) is 30.6 Å². The average Bonchev–Trinajstić information content (AvgIpc) is 2.86. The largest absolute Gasteiger partial charge is 0.482 e. The molecule has 0 radical (unpaired) electrons. The second kappa shape index (κ2) is 15.0. The topological polar surface area (TPSA) is 78.9 Å². The van der Waals surface area contributed by atoms with Crippen molar-refractivity contribution in [3.05, 3.63) is 88.4 Å². The summed E-state index contributed by atoms with van der Waals surface area (Å²) in [7, 11) is 0. The number of benzene rings is 3. The molecule has 6 nitrogen and oxygen atoms in total. The van der Waals surface area contributed by atoms with Gasteiger partial charge < -0.3 is 19.5 Å². The van der Waals surface area contributed by atoms with Crippen molar-refractivity contribution in [2.45, 2.75) is 38.6 Å². The van der Waals surface area contributed by atoms with Crippen LogP contribution in [0.4, 0.5) is 5.69 Å². The number of ether oxygens (including phenoxy) is 1. The molecule has 0 aliphatic carbocycles. The third kappa shape index (κ3) is 9.54. The normalized spacial score (nSPS) is 10.1. The number of amides is 1. The van der Waals surface area contributed by atoms with Crippen molar-refractivity contribution in [2.75, 3.05) is 17.5 Å². The molecule has 3 aromatic carbocycles. The van der Waals surface area contributed by atoms with Crippen LogP contribution in [0.25, 0.3) is 0 Å². The number of aliphatic carboxylic acids is 1. The number of hydrogen-bond donors (Lipinski definition) is 2. The Labute approximate surface area is 216 Å². The van der Waals surface area contributed by atoms with E-state index in [0.29, 0.717) is 18.7 Å². The number of anilines is 1. The van der Waals surface area contributed by atoms with Crippen molar-refractivity contribution >= 4 is 41.6 Å². The molecule has 0 unspecified atom stereocenters. The summed E-state index contributed by atoms with van der Waals surface area (Å²) >= 11 is 8.08. The molecule has 0 aromatic heterocycles. The van der Waals surface area contributed by atoms with Crippen LogP contribution < -0.4 is 14.4 Å². The molecule has 8 heteroatoms. The molecular formula is C27H31ClN2O4S. The Balaban J connectivity index is 0.000000258. The van der Waals surface area contributed by atoms with Crippen LogP contribution in [0.3, 0.4) is 0 Å². The number of hydrogen-bond acceptors (Lipinski definition) is 5. The summed E-state index contributed by atoms with van der Waals surface area (Å²) in [5.74, 6) is -0.547. The number of nitrogens with zero attached hydrogens (tertiary/aromatic N) is 1. The van der Waals surface area contributed by atoms with Gasteiger partial charge in [-0.1, -0.05) is 54.4 Å². The van der Waals surface area contributed by atoms with E-state index in [2.05, 4.69) is 60.7 Å². The Bertz CT molecular complexity index is 1090. The van der Waals surface area contributed by atoms with E-state index in [0.717, 1.165) is 23.6 Å². The van der Waals surface area contributed by atoms with Gasteiger partial charge in [-0.05, 0) is 79.7 Å². The SMILES string of the molecule is CCc1c(Cl)cccc1N(CC)Sc1ccc(C)cc1.O=CNCc1cccc(OCC(=O)O)c1. The number of halogens is 1. The van der Waals surface area contributed by atoms with Gasteiger partial charge in [-0.3, -0.25) is 4.79 Å². The monoisotopic (exact) mass is 514 g/mol. The summed E-state index contributed by atoms with van der Waals surface area (Å²) in [6.45, 7) is 7.39. The third-order valence-electron chi connectivity index (χ3n) is 4.89. The average molecular weight is 515 g/mol. The smallest absolute Gasteiger partial charge is 0.341 e. The van der Waals surface area contributed by atoms with E-state index in [4.69, 9.17) is 21.4 Å². The molecule has 2 N–H and O–H groups in total. The molecule has 0 aliphatic heterocycles. The van der Waals surface area contributed by atoms with Crippen LogP contribution in [0, 0.1) is 6.92 Å². The molecule has 0 spiro atoms. The van der Waals surface area contributed by atoms with Gasteiger partial charge in [0.1, 0.15) is 5.75 Å². The lowest BCUT2D eigenvalue weighted by Gasteiger charge is -2.24. The maximum atomic E-state index is 10.2. The Hall–Kier alpha value is -3.16. The van der Waals surface area contributed by atoms with E-state index in [1.54, 1.807) is 30.1 Å². The standard InChI is InChI=1S/C17H20ClNS.C10H11NO4/c1-4-15-16(18)7-6-8-17(15)19(5-2)20-14-11-9-13(3)10-12-14;12-7-11-5-8-2-1-3-9(4-8)15-6-10(13)14/h6-12H,4-5H2,1-3H3;1-4,7H,5-6H2,(H,11,12)(H,13,14). The number of nitrogens with one attached hydrogen (secondary N) is 1. The fraction of sp³-hybridized carbons (Fsp3) is 0.259. The van der Waals surface area contributed by atoms with Gasteiger partial charge in [-0.15, -0.1) is 0 Å². The molecule has 0 heterocycles. The number of carbonyl (C=O) groups excluding carboxylic acids is 1.